The van der Waals surface area contributed by atoms with Crippen molar-refractivity contribution in [3.63, 3.8) is 0 Å². The van der Waals surface area contributed by atoms with Gasteiger partial charge in [0.15, 0.2) is 7.85 Å². The maximum absolute atomic E-state index is 13.7. The highest BCUT2D eigenvalue weighted by molar-refractivity contribution is 6.14. The highest BCUT2D eigenvalue weighted by Crippen LogP contribution is 2.54. The Balaban J connectivity index is 2.76. The van der Waals surface area contributed by atoms with Crippen LogP contribution in [0.15, 0.2) is 0 Å². The summed E-state index contributed by atoms with van der Waals surface area (Å²) in [5.41, 5.74) is -0.994. The number of rotatable bonds is 2. The normalized spacial score (nSPS) is 27.7. The van der Waals surface area contributed by atoms with E-state index in [-0.39, 0.29) is 5.41 Å². The van der Waals surface area contributed by atoms with E-state index in [0.29, 0.717) is 5.92 Å². The monoisotopic (exact) mass is 156 g/mol. The van der Waals surface area contributed by atoms with E-state index >= 15 is 0 Å². The molecule has 1 atom stereocenters. The molecular weight excluding hydrogens is 138 g/mol. The van der Waals surface area contributed by atoms with Gasteiger partial charge in [-0.15, -0.1) is 0 Å². The lowest BCUT2D eigenvalue weighted by atomic mass is 9.49. The summed E-state index contributed by atoms with van der Waals surface area (Å²) in [4.78, 5) is 0. The van der Waals surface area contributed by atoms with Gasteiger partial charge >= 0.3 is 0 Å². The molecule has 1 fully saturated rings. The van der Waals surface area contributed by atoms with Crippen LogP contribution in [-0.4, -0.2) is 13.4 Å². The SMILES string of the molecule is BC(C)(F)C1(C(C)C)CCC1. The zero-order valence-corrected chi connectivity index (χ0v) is 8.08. The lowest BCUT2D eigenvalue weighted by molar-refractivity contribution is -0.0409. The Kier molecular flexibility index (Phi) is 2.06. The predicted molar refractivity (Wildman–Crippen MR) is 49.2 cm³/mol. The van der Waals surface area contributed by atoms with Gasteiger partial charge in [-0.2, -0.15) is 0 Å². The molecule has 1 unspecified atom stereocenters. The van der Waals surface area contributed by atoms with Crippen molar-refractivity contribution in [3.8, 4) is 0 Å². The number of hydrogen-bond donors (Lipinski definition) is 0. The van der Waals surface area contributed by atoms with Crippen LogP contribution in [0.25, 0.3) is 0 Å². The molecule has 0 nitrogen and oxygen atoms in total. The molecule has 0 aromatic carbocycles. The number of alkyl halides is 1. The molecule has 11 heavy (non-hydrogen) atoms. The van der Waals surface area contributed by atoms with Gasteiger partial charge in [-0.05, 0) is 31.1 Å². The largest absolute Gasteiger partial charge is 0.254 e. The van der Waals surface area contributed by atoms with Crippen molar-refractivity contribution in [3.05, 3.63) is 0 Å². The first-order chi connectivity index (χ1) is 4.90. The van der Waals surface area contributed by atoms with Gasteiger partial charge in [0.2, 0.25) is 0 Å². The van der Waals surface area contributed by atoms with Crippen molar-refractivity contribution < 1.29 is 4.39 Å². The van der Waals surface area contributed by atoms with Gasteiger partial charge in [-0.3, -0.25) is 4.39 Å². The Morgan fingerprint density at radius 1 is 1.45 bits per heavy atom. The lowest BCUT2D eigenvalue weighted by Crippen LogP contribution is -2.51. The molecule has 0 aromatic heterocycles. The Labute approximate surface area is 70.0 Å². The van der Waals surface area contributed by atoms with Crippen molar-refractivity contribution in [2.75, 3.05) is 0 Å². The molecule has 0 amide bonds. The van der Waals surface area contributed by atoms with Gasteiger partial charge in [0.25, 0.3) is 0 Å². The minimum absolute atomic E-state index is 0.00694. The van der Waals surface area contributed by atoms with Crippen LogP contribution in [0.5, 0.6) is 0 Å². The standard InChI is InChI=1S/C9H18BF/c1-7(2)9(5-4-6-9)8(3,10)11/h7H,4-6,10H2,1-3H3. The average Bonchev–Trinajstić information content (AvgIpc) is 1.52. The first-order valence-electron chi connectivity index (χ1n) is 4.59. The highest BCUT2D eigenvalue weighted by Gasteiger charge is 2.51. The van der Waals surface area contributed by atoms with Crippen LogP contribution in [-0.2, 0) is 0 Å². The smallest absolute Gasteiger partial charge is 0.150 e. The fourth-order valence-electron chi connectivity index (χ4n) is 2.42. The van der Waals surface area contributed by atoms with Crippen LogP contribution in [0.2, 0.25) is 0 Å². The Hall–Kier alpha value is -0.00506. The van der Waals surface area contributed by atoms with E-state index in [0.717, 1.165) is 12.8 Å². The molecule has 0 heterocycles. The summed E-state index contributed by atoms with van der Waals surface area (Å²) in [6.45, 7) is 6.01. The Morgan fingerprint density at radius 2 is 1.91 bits per heavy atom. The molecule has 0 saturated heterocycles. The van der Waals surface area contributed by atoms with Crippen molar-refractivity contribution in [2.45, 2.75) is 45.6 Å². The van der Waals surface area contributed by atoms with Crippen LogP contribution in [0, 0.1) is 11.3 Å². The summed E-state index contributed by atoms with van der Waals surface area (Å²) >= 11 is 0. The first-order valence-corrected chi connectivity index (χ1v) is 4.59. The van der Waals surface area contributed by atoms with E-state index in [1.54, 1.807) is 14.8 Å². The summed E-state index contributed by atoms with van der Waals surface area (Å²) < 4.78 is 13.7. The summed E-state index contributed by atoms with van der Waals surface area (Å²) in [5.74, 6) is 0.483. The quantitative estimate of drug-likeness (QED) is 0.537. The molecule has 1 saturated carbocycles. The van der Waals surface area contributed by atoms with Gasteiger partial charge in [-0.25, -0.2) is 0 Å². The lowest BCUT2D eigenvalue weighted by Gasteiger charge is -2.52. The van der Waals surface area contributed by atoms with Crippen molar-refractivity contribution in [2.24, 2.45) is 11.3 Å². The van der Waals surface area contributed by atoms with Crippen LogP contribution < -0.4 is 0 Å². The third-order valence-electron chi connectivity index (χ3n) is 3.53. The summed E-state index contributed by atoms with van der Waals surface area (Å²) in [6, 6.07) is 0. The third-order valence-corrected chi connectivity index (χ3v) is 3.53. The minimum atomic E-state index is -0.987. The maximum atomic E-state index is 13.7. The van der Waals surface area contributed by atoms with E-state index in [1.807, 2.05) is 0 Å². The second-order valence-corrected chi connectivity index (χ2v) is 4.64. The summed E-state index contributed by atoms with van der Waals surface area (Å²) in [7, 11) is 1.73. The molecule has 1 rings (SSSR count). The van der Waals surface area contributed by atoms with Gasteiger partial charge in [0.05, 0.1) is 5.57 Å². The molecule has 0 bridgehead atoms. The maximum Gasteiger partial charge on any atom is 0.150 e. The molecule has 0 aromatic rings. The molecule has 2 heteroatoms. The second-order valence-electron chi connectivity index (χ2n) is 4.64. The molecule has 0 spiro atoms. The van der Waals surface area contributed by atoms with Crippen molar-refractivity contribution in [1.29, 1.82) is 0 Å². The number of hydrogen-bond acceptors (Lipinski definition) is 0. The molecular formula is C9H18BF. The van der Waals surface area contributed by atoms with E-state index in [9.17, 15) is 4.39 Å². The summed E-state index contributed by atoms with van der Waals surface area (Å²) in [5, 5.41) is 0. The topological polar surface area (TPSA) is 0 Å². The molecule has 1 aliphatic rings. The Morgan fingerprint density at radius 3 is 1.91 bits per heavy atom. The predicted octanol–water partition coefficient (Wildman–Crippen LogP) is 2.13. The summed E-state index contributed by atoms with van der Waals surface area (Å²) in [6.07, 6.45) is 3.37. The molecule has 1 aliphatic carbocycles. The second kappa shape index (κ2) is 2.50. The fraction of sp³-hybridized carbons (Fsp3) is 1.00. The van der Waals surface area contributed by atoms with E-state index in [4.69, 9.17) is 0 Å². The molecule has 0 radical (unpaired) electrons. The Bertz CT molecular complexity index is 142. The van der Waals surface area contributed by atoms with Crippen molar-refractivity contribution in [1.82, 2.24) is 0 Å². The highest BCUT2D eigenvalue weighted by atomic mass is 19.1. The van der Waals surface area contributed by atoms with E-state index < -0.39 is 5.57 Å². The van der Waals surface area contributed by atoms with Gasteiger partial charge in [-0.1, -0.05) is 20.3 Å². The van der Waals surface area contributed by atoms with Gasteiger partial charge in [0.1, 0.15) is 0 Å². The van der Waals surface area contributed by atoms with E-state index in [1.165, 1.54) is 6.42 Å². The number of halogens is 1. The van der Waals surface area contributed by atoms with Crippen LogP contribution >= 0.6 is 0 Å². The van der Waals surface area contributed by atoms with Crippen LogP contribution in [0.3, 0.4) is 0 Å². The van der Waals surface area contributed by atoms with E-state index in [2.05, 4.69) is 13.8 Å². The molecule has 64 valence electrons. The zero-order chi connectivity index (χ0) is 8.70. The van der Waals surface area contributed by atoms with Crippen molar-refractivity contribution >= 4 is 7.85 Å². The minimum Gasteiger partial charge on any atom is -0.254 e. The first kappa shape index (κ1) is 9.09. The average molecular weight is 156 g/mol. The van der Waals surface area contributed by atoms with Crippen LogP contribution in [0.1, 0.15) is 40.0 Å². The van der Waals surface area contributed by atoms with Crippen LogP contribution in [0.4, 0.5) is 4.39 Å². The molecule has 0 aliphatic heterocycles. The van der Waals surface area contributed by atoms with Gasteiger partial charge in [0, 0.05) is 0 Å². The third kappa shape index (κ3) is 1.21. The fourth-order valence-corrected chi connectivity index (χ4v) is 2.42. The van der Waals surface area contributed by atoms with Gasteiger partial charge < -0.3 is 0 Å². The zero-order valence-electron chi connectivity index (χ0n) is 8.08. The molecule has 0 N–H and O–H groups in total.